The number of carbonyl (C=O) groups is 2. The van der Waals surface area contributed by atoms with Gasteiger partial charge in [0.2, 0.25) is 11.8 Å². The van der Waals surface area contributed by atoms with Crippen LogP contribution in [0.25, 0.3) is 0 Å². The Bertz CT molecular complexity index is 307. The monoisotopic (exact) mass is 274 g/mol. The number of rotatable bonds is 4. The predicted molar refractivity (Wildman–Crippen MR) is 72.6 cm³/mol. The molecule has 1 saturated heterocycles. The van der Waals surface area contributed by atoms with Crippen LogP contribution in [0.2, 0.25) is 0 Å². The van der Waals surface area contributed by atoms with E-state index in [2.05, 4.69) is 0 Å². The number of likely N-dealkylation sites (tertiary alicyclic amines) is 1. The first-order valence-electron chi connectivity index (χ1n) is 6.60. The normalized spacial score (nSPS) is 20.1. The molecule has 0 aromatic rings. The van der Waals surface area contributed by atoms with E-state index in [1.165, 1.54) is 0 Å². The van der Waals surface area contributed by atoms with E-state index in [9.17, 15) is 9.59 Å². The molecule has 4 nitrogen and oxygen atoms in total. The summed E-state index contributed by atoms with van der Waals surface area (Å²) in [4.78, 5) is 27.1. The van der Waals surface area contributed by atoms with Crippen molar-refractivity contribution < 1.29 is 9.59 Å². The van der Waals surface area contributed by atoms with Gasteiger partial charge in [-0.2, -0.15) is 0 Å². The smallest absolute Gasteiger partial charge is 0.237 e. The van der Waals surface area contributed by atoms with Gasteiger partial charge in [0.05, 0.1) is 0 Å². The van der Waals surface area contributed by atoms with Gasteiger partial charge in [0, 0.05) is 32.1 Å². The van der Waals surface area contributed by atoms with Crippen molar-refractivity contribution >= 4 is 23.4 Å². The van der Waals surface area contributed by atoms with E-state index in [1.54, 1.807) is 6.92 Å². The van der Waals surface area contributed by atoms with Crippen molar-refractivity contribution in [2.24, 2.45) is 0 Å². The molecule has 1 aliphatic heterocycles. The van der Waals surface area contributed by atoms with E-state index >= 15 is 0 Å². The van der Waals surface area contributed by atoms with Gasteiger partial charge in [-0.05, 0) is 33.1 Å². The zero-order valence-electron chi connectivity index (χ0n) is 11.5. The van der Waals surface area contributed by atoms with Crippen LogP contribution in [0.3, 0.4) is 0 Å². The summed E-state index contributed by atoms with van der Waals surface area (Å²) in [5, 5.41) is 0. The second-order valence-electron chi connectivity index (χ2n) is 5.14. The van der Waals surface area contributed by atoms with Gasteiger partial charge in [0.1, 0.15) is 5.88 Å². The summed E-state index contributed by atoms with van der Waals surface area (Å²) in [6.07, 6.45) is 3.10. The van der Waals surface area contributed by atoms with Gasteiger partial charge in [-0.15, -0.1) is 11.6 Å². The second kappa shape index (κ2) is 6.98. The molecule has 0 radical (unpaired) electrons. The second-order valence-corrected chi connectivity index (χ2v) is 5.40. The summed E-state index contributed by atoms with van der Waals surface area (Å²) < 4.78 is 0. The Labute approximate surface area is 114 Å². The summed E-state index contributed by atoms with van der Waals surface area (Å²) in [6.45, 7) is 6.96. The van der Waals surface area contributed by atoms with Gasteiger partial charge in [-0.3, -0.25) is 9.59 Å². The highest BCUT2D eigenvalue weighted by Crippen LogP contribution is 2.19. The molecular formula is C13H23ClN2O2. The van der Waals surface area contributed by atoms with Gasteiger partial charge >= 0.3 is 0 Å². The van der Waals surface area contributed by atoms with Gasteiger partial charge in [-0.1, -0.05) is 0 Å². The Morgan fingerprint density at radius 2 is 2.06 bits per heavy atom. The van der Waals surface area contributed by atoms with Crippen molar-refractivity contribution in [2.75, 3.05) is 19.0 Å². The Balaban J connectivity index is 2.71. The van der Waals surface area contributed by atoms with E-state index in [4.69, 9.17) is 11.6 Å². The largest absolute Gasteiger partial charge is 0.338 e. The molecule has 0 unspecified atom stereocenters. The summed E-state index contributed by atoms with van der Waals surface area (Å²) in [7, 11) is 0. The number of hydrogen-bond donors (Lipinski definition) is 0. The molecule has 1 rings (SSSR count). The maximum Gasteiger partial charge on any atom is 0.237 e. The third kappa shape index (κ3) is 3.87. The van der Waals surface area contributed by atoms with Gasteiger partial charge < -0.3 is 9.80 Å². The number of carbonyl (C=O) groups excluding carboxylic acids is 2. The van der Waals surface area contributed by atoms with Crippen LogP contribution in [0.1, 0.15) is 40.0 Å². The lowest BCUT2D eigenvalue weighted by Crippen LogP contribution is -2.52. The van der Waals surface area contributed by atoms with Crippen LogP contribution in [0, 0.1) is 0 Å². The third-order valence-corrected chi connectivity index (χ3v) is 3.73. The van der Waals surface area contributed by atoms with Gasteiger partial charge in [0.25, 0.3) is 0 Å². The van der Waals surface area contributed by atoms with E-state index in [0.717, 1.165) is 25.8 Å². The van der Waals surface area contributed by atoms with E-state index in [1.807, 2.05) is 23.6 Å². The Morgan fingerprint density at radius 1 is 1.39 bits per heavy atom. The van der Waals surface area contributed by atoms with Gasteiger partial charge in [-0.25, -0.2) is 0 Å². The number of piperidine rings is 1. The van der Waals surface area contributed by atoms with Crippen LogP contribution >= 0.6 is 11.6 Å². The minimum absolute atomic E-state index is 0.0198. The van der Waals surface area contributed by atoms with Crippen LogP contribution in [-0.4, -0.2) is 52.7 Å². The summed E-state index contributed by atoms with van der Waals surface area (Å²) in [6, 6.07) is 0.286. The minimum Gasteiger partial charge on any atom is -0.338 e. The molecule has 1 heterocycles. The fraction of sp³-hybridized carbons (Fsp3) is 0.846. The van der Waals surface area contributed by atoms with Crippen molar-refractivity contribution in [1.29, 1.82) is 0 Å². The molecule has 2 amide bonds. The fourth-order valence-corrected chi connectivity index (χ4v) is 2.68. The molecule has 0 spiro atoms. The number of nitrogens with zero attached hydrogens (tertiary/aromatic N) is 2. The highest BCUT2D eigenvalue weighted by molar-refractivity contribution is 6.27. The minimum atomic E-state index is -0.0198. The molecule has 1 aliphatic rings. The number of halogens is 1. The van der Waals surface area contributed by atoms with Crippen molar-refractivity contribution in [1.82, 2.24) is 9.80 Å². The van der Waals surface area contributed by atoms with Crippen molar-refractivity contribution in [2.45, 2.75) is 52.1 Å². The van der Waals surface area contributed by atoms with E-state index < -0.39 is 0 Å². The quantitative estimate of drug-likeness (QED) is 0.735. The highest BCUT2D eigenvalue weighted by Gasteiger charge is 2.29. The molecule has 0 aromatic heterocycles. The van der Waals surface area contributed by atoms with Crippen molar-refractivity contribution in [3.05, 3.63) is 0 Å². The number of hydrogen-bond acceptors (Lipinski definition) is 2. The molecule has 0 saturated carbocycles. The zero-order chi connectivity index (χ0) is 13.7. The maximum absolute atomic E-state index is 11.8. The van der Waals surface area contributed by atoms with Crippen LogP contribution in [0.4, 0.5) is 0 Å². The van der Waals surface area contributed by atoms with Crippen LogP contribution in [0.5, 0.6) is 0 Å². The summed E-state index contributed by atoms with van der Waals surface area (Å²) in [5.74, 6) is 0.0700. The Kier molecular flexibility index (Phi) is 5.93. The molecule has 0 aromatic carbocycles. The average molecular weight is 275 g/mol. The summed E-state index contributed by atoms with van der Waals surface area (Å²) in [5.41, 5.74) is 0. The molecule has 0 aliphatic carbocycles. The summed E-state index contributed by atoms with van der Waals surface area (Å²) >= 11 is 5.64. The Hall–Kier alpha value is -0.770. The Morgan fingerprint density at radius 3 is 2.56 bits per heavy atom. The maximum atomic E-state index is 11.8. The number of amides is 2. The lowest BCUT2D eigenvalue weighted by molar-refractivity contribution is -0.137. The lowest BCUT2D eigenvalue weighted by Gasteiger charge is -2.39. The topological polar surface area (TPSA) is 40.6 Å². The average Bonchev–Trinajstić information content (AvgIpc) is 2.34. The first-order chi connectivity index (χ1) is 8.47. The van der Waals surface area contributed by atoms with Crippen LogP contribution in [0.15, 0.2) is 0 Å². The zero-order valence-corrected chi connectivity index (χ0v) is 12.2. The first kappa shape index (κ1) is 15.3. The molecule has 1 fully saturated rings. The van der Waals surface area contributed by atoms with Crippen LogP contribution in [-0.2, 0) is 9.59 Å². The predicted octanol–water partition coefficient (Wildman–Crippen LogP) is 1.86. The highest BCUT2D eigenvalue weighted by atomic mass is 35.5. The molecular weight excluding hydrogens is 252 g/mol. The standard InChI is InChI=1S/C13H23ClN2O2/c1-10(2)16(11(3)17)9-12-6-4-5-7-15(12)13(18)8-14/h10,12H,4-9H2,1-3H3/t12-/m1/s1. The number of alkyl halides is 1. The SMILES string of the molecule is CC(=O)N(C[C@H]1CCCCN1C(=O)CCl)C(C)C. The molecule has 18 heavy (non-hydrogen) atoms. The third-order valence-electron chi connectivity index (χ3n) is 3.50. The van der Waals surface area contributed by atoms with E-state index in [0.29, 0.717) is 6.54 Å². The fourth-order valence-electron chi connectivity index (χ4n) is 2.53. The van der Waals surface area contributed by atoms with E-state index in [-0.39, 0.29) is 29.8 Å². The molecule has 0 bridgehead atoms. The molecule has 1 atom stereocenters. The van der Waals surface area contributed by atoms with Crippen molar-refractivity contribution in [3.63, 3.8) is 0 Å². The molecule has 5 heteroatoms. The molecule has 0 N–H and O–H groups in total. The van der Waals surface area contributed by atoms with Gasteiger partial charge in [0.15, 0.2) is 0 Å². The lowest BCUT2D eigenvalue weighted by atomic mass is 10.0. The van der Waals surface area contributed by atoms with Crippen LogP contribution < -0.4 is 0 Å². The molecule has 104 valence electrons. The van der Waals surface area contributed by atoms with Crippen molar-refractivity contribution in [3.8, 4) is 0 Å². The first-order valence-corrected chi connectivity index (χ1v) is 7.13.